The Bertz CT molecular complexity index is 1280. The van der Waals surface area contributed by atoms with E-state index in [-0.39, 0.29) is 0 Å². The van der Waals surface area contributed by atoms with Crippen LogP contribution in [0.15, 0.2) is 67.1 Å². The number of para-hydroxylation sites is 1. The van der Waals surface area contributed by atoms with Crippen LogP contribution < -0.4 is 10.5 Å². The fourth-order valence-corrected chi connectivity index (χ4v) is 6.51. The largest absolute Gasteiger partial charge is 0.457 e. The van der Waals surface area contributed by atoms with Gasteiger partial charge < -0.3 is 15.0 Å². The molecule has 1 aliphatic heterocycles. The number of hydrogen-bond acceptors (Lipinski definition) is 6. The van der Waals surface area contributed by atoms with Crippen LogP contribution in [0.1, 0.15) is 31.7 Å². The molecule has 2 N–H and O–H groups in total. The predicted octanol–water partition coefficient (Wildman–Crippen LogP) is 6.01. The van der Waals surface area contributed by atoms with E-state index in [1.54, 1.807) is 6.33 Å². The van der Waals surface area contributed by atoms with Crippen LogP contribution in [0.2, 0.25) is 0 Å². The minimum Gasteiger partial charge on any atom is -0.457 e. The van der Waals surface area contributed by atoms with Gasteiger partial charge in [-0.25, -0.2) is 9.97 Å². The Morgan fingerprint density at radius 3 is 2.26 bits per heavy atom. The van der Waals surface area contributed by atoms with Gasteiger partial charge in [-0.1, -0.05) is 30.3 Å². The Morgan fingerprint density at radius 1 is 0.829 bits per heavy atom. The minimum atomic E-state index is 0.441. The van der Waals surface area contributed by atoms with Crippen molar-refractivity contribution in [1.29, 1.82) is 0 Å². The average Bonchev–Trinajstić information content (AvgIpc) is 3.31. The molecule has 2 aromatic carbocycles. The zero-order valence-corrected chi connectivity index (χ0v) is 20.7. The van der Waals surface area contributed by atoms with Crippen molar-refractivity contribution in [2.24, 2.45) is 0 Å². The third-order valence-corrected chi connectivity index (χ3v) is 8.35. The van der Waals surface area contributed by atoms with E-state index in [1.165, 1.54) is 50.3 Å². The van der Waals surface area contributed by atoms with Gasteiger partial charge in [0.15, 0.2) is 0 Å². The van der Waals surface area contributed by atoms with Crippen LogP contribution in [0.25, 0.3) is 22.2 Å². The van der Waals surface area contributed by atoms with Crippen molar-refractivity contribution in [3.63, 3.8) is 0 Å². The first-order valence-corrected chi connectivity index (χ1v) is 13.7. The second kappa shape index (κ2) is 9.91. The van der Waals surface area contributed by atoms with E-state index in [0.29, 0.717) is 11.9 Å². The lowest BCUT2D eigenvalue weighted by Gasteiger charge is -2.39. The summed E-state index contributed by atoms with van der Waals surface area (Å²) in [6, 6.07) is 19.2. The van der Waals surface area contributed by atoms with Gasteiger partial charge in [0.2, 0.25) is 0 Å². The number of nitrogen functional groups attached to an aromatic ring is 1. The summed E-state index contributed by atoms with van der Waals surface area (Å²) in [4.78, 5) is 11.7. The van der Waals surface area contributed by atoms with Gasteiger partial charge >= 0.3 is 0 Å². The Morgan fingerprint density at radius 2 is 1.51 bits per heavy atom. The van der Waals surface area contributed by atoms with Crippen LogP contribution in [-0.2, 0) is 0 Å². The normalized spacial score (nSPS) is 21.3. The number of hydrogen-bond donors (Lipinski definition) is 1. The molecule has 35 heavy (non-hydrogen) atoms. The van der Waals surface area contributed by atoms with E-state index in [2.05, 4.69) is 49.5 Å². The van der Waals surface area contributed by atoms with Crippen LogP contribution in [0, 0.1) is 0 Å². The highest BCUT2D eigenvalue weighted by atomic mass is 32.2. The van der Waals surface area contributed by atoms with Crippen molar-refractivity contribution in [1.82, 2.24) is 19.4 Å². The van der Waals surface area contributed by atoms with Crippen molar-refractivity contribution >= 4 is 28.6 Å². The molecule has 0 unspecified atom stereocenters. The number of benzene rings is 2. The van der Waals surface area contributed by atoms with Crippen LogP contribution in [0.4, 0.5) is 5.82 Å². The number of anilines is 1. The molecule has 2 aliphatic rings. The molecule has 2 aromatic heterocycles. The molecule has 4 aromatic rings. The summed E-state index contributed by atoms with van der Waals surface area (Å²) in [7, 11) is 0. The van der Waals surface area contributed by atoms with Gasteiger partial charge in [-0.3, -0.25) is 4.90 Å². The Hall–Kier alpha value is -3.03. The van der Waals surface area contributed by atoms with Gasteiger partial charge in [-0.15, -0.1) is 0 Å². The number of rotatable bonds is 5. The lowest BCUT2D eigenvalue weighted by Crippen LogP contribution is -2.43. The smallest absolute Gasteiger partial charge is 0.146 e. The minimum absolute atomic E-state index is 0.441. The van der Waals surface area contributed by atoms with Crippen molar-refractivity contribution in [3.8, 4) is 22.6 Å². The van der Waals surface area contributed by atoms with Crippen LogP contribution >= 0.6 is 11.8 Å². The third kappa shape index (κ3) is 4.62. The molecular formula is C28H31N5OS. The topological polar surface area (TPSA) is 69.2 Å². The molecule has 6 nitrogen and oxygen atoms in total. The molecule has 0 bridgehead atoms. The van der Waals surface area contributed by atoms with Gasteiger partial charge in [0.25, 0.3) is 0 Å². The molecule has 0 amide bonds. The first-order chi connectivity index (χ1) is 17.3. The van der Waals surface area contributed by atoms with Gasteiger partial charge in [0.1, 0.15) is 29.3 Å². The van der Waals surface area contributed by atoms with Crippen molar-refractivity contribution < 1.29 is 4.74 Å². The van der Waals surface area contributed by atoms with E-state index in [4.69, 9.17) is 10.5 Å². The zero-order valence-electron chi connectivity index (χ0n) is 19.8. The van der Waals surface area contributed by atoms with E-state index in [9.17, 15) is 0 Å². The molecule has 1 saturated carbocycles. The molecule has 1 saturated heterocycles. The first kappa shape index (κ1) is 22.4. The summed E-state index contributed by atoms with van der Waals surface area (Å²) in [5.74, 6) is 4.72. The Labute approximate surface area is 210 Å². The average molecular weight is 486 g/mol. The Balaban J connectivity index is 1.26. The lowest BCUT2D eigenvalue weighted by atomic mass is 9.90. The van der Waals surface area contributed by atoms with E-state index in [0.717, 1.165) is 39.7 Å². The summed E-state index contributed by atoms with van der Waals surface area (Å²) in [6.07, 6.45) is 8.67. The fraction of sp³-hybridized carbons (Fsp3) is 0.357. The van der Waals surface area contributed by atoms with Crippen molar-refractivity contribution in [2.45, 2.75) is 37.8 Å². The van der Waals surface area contributed by atoms with Crippen molar-refractivity contribution in [3.05, 3.63) is 67.1 Å². The third-order valence-electron chi connectivity index (χ3n) is 7.40. The second-order valence-electron chi connectivity index (χ2n) is 9.46. The van der Waals surface area contributed by atoms with Gasteiger partial charge in [-0.05, 0) is 55.5 Å². The van der Waals surface area contributed by atoms with Crippen molar-refractivity contribution in [2.75, 3.05) is 30.3 Å². The second-order valence-corrected chi connectivity index (χ2v) is 10.7. The Kier molecular flexibility index (Phi) is 6.35. The molecular weight excluding hydrogens is 454 g/mol. The van der Waals surface area contributed by atoms with Crippen LogP contribution in [0.3, 0.4) is 0 Å². The molecule has 0 atom stereocenters. The molecule has 2 fully saturated rings. The molecule has 180 valence electrons. The highest BCUT2D eigenvalue weighted by Gasteiger charge is 2.29. The molecule has 3 heterocycles. The number of ether oxygens (including phenoxy) is 1. The highest BCUT2D eigenvalue weighted by Crippen LogP contribution is 2.39. The maximum Gasteiger partial charge on any atom is 0.146 e. The summed E-state index contributed by atoms with van der Waals surface area (Å²) < 4.78 is 8.34. The summed E-state index contributed by atoms with van der Waals surface area (Å²) >= 11 is 2.08. The zero-order chi connectivity index (χ0) is 23.6. The molecule has 0 radical (unpaired) electrons. The van der Waals surface area contributed by atoms with Crippen LogP contribution in [-0.4, -0.2) is 50.1 Å². The lowest BCUT2D eigenvalue weighted by molar-refractivity contribution is 0.151. The first-order valence-electron chi connectivity index (χ1n) is 12.5. The van der Waals surface area contributed by atoms with E-state index in [1.807, 2.05) is 42.5 Å². The molecule has 7 heteroatoms. The summed E-state index contributed by atoms with van der Waals surface area (Å²) in [5.41, 5.74) is 9.51. The number of nitrogens with zero attached hydrogens (tertiary/aromatic N) is 4. The number of fused-ring (bicyclic) bond motifs is 1. The summed E-state index contributed by atoms with van der Waals surface area (Å²) in [6.45, 7) is 2.48. The number of aromatic nitrogens is 3. The van der Waals surface area contributed by atoms with E-state index < -0.39 is 0 Å². The predicted molar refractivity (Wildman–Crippen MR) is 144 cm³/mol. The fourth-order valence-electron chi connectivity index (χ4n) is 5.58. The molecule has 6 rings (SSSR count). The standard InChI is InChI=1S/C28H31N5OS/c29-27-26-25(20-6-12-24(13-7-20)34-23-4-2-1-3-5-23)18-33(28(26)31-19-30-27)22-10-8-21(9-11-22)32-14-16-35-17-15-32/h1-7,12-13,18-19,21-22H,8-11,14-17H2,(H2,29,30,31)/t21-,22-. The maximum absolute atomic E-state index is 6.39. The molecule has 1 aliphatic carbocycles. The SMILES string of the molecule is Nc1ncnc2c1c(-c1ccc(Oc3ccccc3)cc1)cn2[C@H]1CC[C@H](N2CCSCC2)CC1. The van der Waals surface area contributed by atoms with E-state index >= 15 is 0 Å². The van der Waals surface area contributed by atoms with Gasteiger partial charge in [-0.2, -0.15) is 11.8 Å². The quantitative estimate of drug-likeness (QED) is 0.374. The summed E-state index contributed by atoms with van der Waals surface area (Å²) in [5, 5.41) is 0.944. The number of nitrogens with two attached hydrogens (primary N) is 1. The van der Waals surface area contributed by atoms with Gasteiger partial charge in [0.05, 0.1) is 5.39 Å². The van der Waals surface area contributed by atoms with Gasteiger partial charge in [0, 0.05) is 48.4 Å². The maximum atomic E-state index is 6.39. The monoisotopic (exact) mass is 485 g/mol. The highest BCUT2D eigenvalue weighted by molar-refractivity contribution is 7.99. The molecule has 0 spiro atoms. The van der Waals surface area contributed by atoms with Crippen LogP contribution in [0.5, 0.6) is 11.5 Å². The number of thioether (sulfide) groups is 1.